The lowest BCUT2D eigenvalue weighted by Gasteiger charge is -2.26. The van der Waals surface area contributed by atoms with E-state index in [1.165, 1.54) is 16.1 Å². The first-order chi connectivity index (χ1) is 16.7. The molecule has 2 N–H and O–H groups in total. The van der Waals surface area contributed by atoms with Gasteiger partial charge in [-0.1, -0.05) is 62.4 Å². The summed E-state index contributed by atoms with van der Waals surface area (Å²) < 4.78 is 28.2. The molecule has 0 aliphatic carbocycles. The SMILES string of the molecule is CC(C)(CO)c1ccc(S(=O)(=O)N2CCSC2C(=O)N[C@H](c2ccccc2)c2ccccn2)cc1. The van der Waals surface area contributed by atoms with Crippen LogP contribution in [0.15, 0.2) is 83.9 Å². The topological polar surface area (TPSA) is 99.6 Å². The average Bonchev–Trinajstić information content (AvgIpc) is 3.39. The summed E-state index contributed by atoms with van der Waals surface area (Å²) in [4.78, 5) is 18.0. The Bertz CT molecular complexity index is 1210. The number of hydrogen-bond donors (Lipinski definition) is 2. The molecule has 2 aromatic carbocycles. The molecule has 7 nitrogen and oxygen atoms in total. The number of nitrogens with one attached hydrogen (secondary N) is 1. The molecule has 1 amide bonds. The third-order valence-corrected chi connectivity index (χ3v) is 9.33. The van der Waals surface area contributed by atoms with Crippen LogP contribution < -0.4 is 5.32 Å². The maximum Gasteiger partial charge on any atom is 0.249 e. The predicted molar refractivity (Wildman–Crippen MR) is 137 cm³/mol. The minimum absolute atomic E-state index is 0.0526. The highest BCUT2D eigenvalue weighted by Gasteiger charge is 2.41. The van der Waals surface area contributed by atoms with Gasteiger partial charge >= 0.3 is 0 Å². The highest BCUT2D eigenvalue weighted by Crippen LogP contribution is 2.32. The fourth-order valence-corrected chi connectivity index (χ4v) is 7.03. The van der Waals surface area contributed by atoms with Crippen molar-refractivity contribution >= 4 is 27.7 Å². The number of aromatic nitrogens is 1. The highest BCUT2D eigenvalue weighted by atomic mass is 32.2. The van der Waals surface area contributed by atoms with E-state index in [-0.39, 0.29) is 24.0 Å². The van der Waals surface area contributed by atoms with E-state index in [4.69, 9.17) is 0 Å². The molecule has 3 aromatic rings. The molecule has 9 heteroatoms. The quantitative estimate of drug-likeness (QED) is 0.481. The van der Waals surface area contributed by atoms with Crippen molar-refractivity contribution in [2.75, 3.05) is 18.9 Å². The second-order valence-electron chi connectivity index (χ2n) is 9.01. The van der Waals surface area contributed by atoms with Gasteiger partial charge in [0.05, 0.1) is 23.2 Å². The van der Waals surface area contributed by atoms with Crippen LogP contribution in [-0.2, 0) is 20.2 Å². The molecule has 2 atom stereocenters. The molecule has 184 valence electrons. The number of aliphatic hydroxyl groups excluding tert-OH is 1. The van der Waals surface area contributed by atoms with Crippen molar-refractivity contribution in [3.05, 3.63) is 95.8 Å². The third kappa shape index (κ3) is 5.43. The lowest BCUT2D eigenvalue weighted by Crippen LogP contribution is -2.46. The molecule has 4 rings (SSSR count). The number of nitrogens with zero attached hydrogens (tertiary/aromatic N) is 2. The zero-order chi connectivity index (χ0) is 25.1. The van der Waals surface area contributed by atoms with E-state index >= 15 is 0 Å². The fourth-order valence-electron chi connectivity index (χ4n) is 3.95. The third-order valence-electron chi connectivity index (χ3n) is 6.11. The Morgan fingerprint density at radius 2 is 1.80 bits per heavy atom. The van der Waals surface area contributed by atoms with Crippen LogP contribution in [0.2, 0.25) is 0 Å². The molecular weight excluding hydrogens is 482 g/mol. The Hall–Kier alpha value is -2.72. The van der Waals surface area contributed by atoms with Crippen LogP contribution in [0.4, 0.5) is 0 Å². The number of thioether (sulfide) groups is 1. The second kappa shape index (κ2) is 10.5. The molecule has 0 saturated carbocycles. The van der Waals surface area contributed by atoms with Crippen molar-refractivity contribution in [3.63, 3.8) is 0 Å². The van der Waals surface area contributed by atoms with Crippen molar-refractivity contribution in [2.24, 2.45) is 0 Å². The second-order valence-corrected chi connectivity index (χ2v) is 12.1. The number of aliphatic hydroxyl groups is 1. The van der Waals surface area contributed by atoms with Crippen LogP contribution in [-0.4, -0.2) is 53.0 Å². The number of rotatable bonds is 8. The van der Waals surface area contributed by atoms with Gasteiger partial charge in [0.2, 0.25) is 15.9 Å². The molecule has 35 heavy (non-hydrogen) atoms. The normalized spacial score (nSPS) is 17.7. The summed E-state index contributed by atoms with van der Waals surface area (Å²) in [5, 5.41) is 11.7. The van der Waals surface area contributed by atoms with Gasteiger partial charge in [0.15, 0.2) is 0 Å². The molecule has 0 bridgehead atoms. The van der Waals surface area contributed by atoms with Gasteiger partial charge < -0.3 is 10.4 Å². The van der Waals surface area contributed by atoms with Gasteiger partial charge in [-0.3, -0.25) is 9.78 Å². The molecule has 1 aliphatic rings. The van der Waals surface area contributed by atoms with E-state index in [1.807, 2.05) is 62.4 Å². The average molecular weight is 512 g/mol. The zero-order valence-corrected chi connectivity index (χ0v) is 21.3. The number of amides is 1. The van der Waals surface area contributed by atoms with Gasteiger partial charge in [-0.25, -0.2) is 8.42 Å². The van der Waals surface area contributed by atoms with E-state index in [0.29, 0.717) is 11.4 Å². The van der Waals surface area contributed by atoms with Crippen molar-refractivity contribution in [2.45, 2.75) is 35.6 Å². The number of carbonyl (C=O) groups is 1. The highest BCUT2D eigenvalue weighted by molar-refractivity contribution is 8.02. The lowest BCUT2D eigenvalue weighted by atomic mass is 9.86. The number of benzene rings is 2. The molecule has 2 heterocycles. The number of carbonyl (C=O) groups excluding carboxylic acids is 1. The summed E-state index contributed by atoms with van der Waals surface area (Å²) in [6.07, 6.45) is 1.67. The first kappa shape index (κ1) is 25.4. The Morgan fingerprint density at radius 1 is 1.11 bits per heavy atom. The molecule has 0 spiro atoms. The molecule has 1 fully saturated rings. The Balaban J connectivity index is 1.58. The maximum absolute atomic E-state index is 13.5. The van der Waals surface area contributed by atoms with Crippen LogP contribution in [0, 0.1) is 0 Å². The number of sulfonamides is 1. The standard InChI is InChI=1S/C26H29N3O4S2/c1-26(2,18-30)20-11-13-21(14-12-20)35(32,33)29-16-17-34-25(29)24(31)28-23(19-8-4-3-5-9-19)22-10-6-7-15-27-22/h3-15,23,25,30H,16-18H2,1-2H3,(H,28,31)/t23-,25?/m1/s1. The van der Waals surface area contributed by atoms with E-state index in [2.05, 4.69) is 10.3 Å². The first-order valence-electron chi connectivity index (χ1n) is 11.3. The van der Waals surface area contributed by atoms with E-state index in [0.717, 1.165) is 11.1 Å². The van der Waals surface area contributed by atoms with Gasteiger partial charge in [0.25, 0.3) is 0 Å². The van der Waals surface area contributed by atoms with Gasteiger partial charge in [-0.15, -0.1) is 11.8 Å². The molecule has 1 unspecified atom stereocenters. The summed E-state index contributed by atoms with van der Waals surface area (Å²) in [7, 11) is -3.89. The molecule has 1 saturated heterocycles. The maximum atomic E-state index is 13.5. The monoisotopic (exact) mass is 511 g/mol. The van der Waals surface area contributed by atoms with Crippen molar-refractivity contribution in [3.8, 4) is 0 Å². The Labute approximate surface area is 210 Å². The van der Waals surface area contributed by atoms with Crippen LogP contribution in [0.25, 0.3) is 0 Å². The largest absolute Gasteiger partial charge is 0.395 e. The van der Waals surface area contributed by atoms with E-state index in [1.54, 1.807) is 30.5 Å². The van der Waals surface area contributed by atoms with Gasteiger partial charge in [0.1, 0.15) is 5.37 Å². The summed E-state index contributed by atoms with van der Waals surface area (Å²) in [6, 6.07) is 21.0. The summed E-state index contributed by atoms with van der Waals surface area (Å²) >= 11 is 1.30. The predicted octanol–water partition coefficient (Wildman–Crippen LogP) is 3.32. The summed E-state index contributed by atoms with van der Waals surface area (Å²) in [5.74, 6) is 0.139. The summed E-state index contributed by atoms with van der Waals surface area (Å²) in [5.41, 5.74) is 1.89. The van der Waals surface area contributed by atoms with E-state index in [9.17, 15) is 18.3 Å². The van der Waals surface area contributed by atoms with Crippen LogP contribution >= 0.6 is 11.8 Å². The zero-order valence-electron chi connectivity index (χ0n) is 19.7. The Morgan fingerprint density at radius 3 is 2.43 bits per heavy atom. The minimum Gasteiger partial charge on any atom is -0.395 e. The Kier molecular flexibility index (Phi) is 7.61. The van der Waals surface area contributed by atoms with Crippen LogP contribution in [0.1, 0.15) is 36.7 Å². The summed E-state index contributed by atoms with van der Waals surface area (Å²) in [6.45, 7) is 3.97. The number of hydrogen-bond acceptors (Lipinski definition) is 6. The first-order valence-corrected chi connectivity index (χ1v) is 13.8. The van der Waals surface area contributed by atoms with Gasteiger partial charge in [0, 0.05) is 23.9 Å². The van der Waals surface area contributed by atoms with Crippen LogP contribution in [0.5, 0.6) is 0 Å². The van der Waals surface area contributed by atoms with Crippen molar-refractivity contribution in [1.29, 1.82) is 0 Å². The van der Waals surface area contributed by atoms with Gasteiger partial charge in [-0.05, 0) is 35.4 Å². The smallest absolute Gasteiger partial charge is 0.249 e. The fraction of sp³-hybridized carbons (Fsp3) is 0.308. The molecule has 1 aromatic heterocycles. The molecular formula is C26H29N3O4S2. The van der Waals surface area contributed by atoms with Crippen molar-refractivity contribution in [1.82, 2.24) is 14.6 Å². The lowest BCUT2D eigenvalue weighted by molar-refractivity contribution is -0.122. The molecule has 0 radical (unpaired) electrons. The van der Waals surface area contributed by atoms with Crippen LogP contribution in [0.3, 0.4) is 0 Å². The van der Waals surface area contributed by atoms with E-state index < -0.39 is 26.9 Å². The van der Waals surface area contributed by atoms with Gasteiger partial charge in [-0.2, -0.15) is 4.31 Å². The van der Waals surface area contributed by atoms with Crippen molar-refractivity contribution < 1.29 is 18.3 Å². The molecule has 1 aliphatic heterocycles. The minimum atomic E-state index is -3.89. The number of pyridine rings is 1.